The Morgan fingerprint density at radius 2 is 1.78 bits per heavy atom. The van der Waals surface area contributed by atoms with Gasteiger partial charge in [-0.15, -0.1) is 0 Å². The van der Waals surface area contributed by atoms with Crippen LogP contribution in [0.25, 0.3) is 0 Å². The molecule has 0 radical (unpaired) electrons. The third-order valence-electron chi connectivity index (χ3n) is 4.43. The Morgan fingerprint density at radius 3 is 2.44 bits per heavy atom. The number of hydrogen-bond acceptors (Lipinski definition) is 2. The Bertz CT molecular complexity index is 769. The van der Waals surface area contributed by atoms with Gasteiger partial charge in [0.05, 0.1) is 6.54 Å². The van der Waals surface area contributed by atoms with Crippen molar-refractivity contribution in [3.63, 3.8) is 0 Å². The first-order chi connectivity index (χ1) is 13.0. The highest BCUT2D eigenvalue weighted by Gasteiger charge is 2.20. The molecule has 0 aliphatic heterocycles. The van der Waals surface area contributed by atoms with Crippen molar-refractivity contribution in [1.82, 2.24) is 16.0 Å². The Morgan fingerprint density at radius 1 is 1.04 bits per heavy atom. The molecule has 5 heteroatoms. The molecule has 2 aromatic carbocycles. The first-order valence-electron chi connectivity index (χ1n) is 9.35. The zero-order chi connectivity index (χ0) is 19.7. The van der Waals surface area contributed by atoms with Gasteiger partial charge in [0, 0.05) is 31.1 Å². The van der Waals surface area contributed by atoms with Crippen molar-refractivity contribution >= 4 is 11.9 Å². The fourth-order valence-electron chi connectivity index (χ4n) is 2.76. The summed E-state index contributed by atoms with van der Waals surface area (Å²) in [5, 5.41) is 9.37. The number of guanidine groups is 1. The third-order valence-corrected chi connectivity index (χ3v) is 4.43. The lowest BCUT2D eigenvalue weighted by atomic mass is 9.85. The number of hydrogen-bond donors (Lipinski definition) is 3. The average molecular weight is 367 g/mol. The van der Waals surface area contributed by atoms with Gasteiger partial charge in [0.25, 0.3) is 5.91 Å². The van der Waals surface area contributed by atoms with Crippen LogP contribution in [0, 0.1) is 0 Å². The van der Waals surface area contributed by atoms with Crippen LogP contribution in [0.2, 0.25) is 0 Å². The van der Waals surface area contributed by atoms with Gasteiger partial charge in [0.15, 0.2) is 5.96 Å². The highest BCUT2D eigenvalue weighted by Crippen LogP contribution is 2.21. The van der Waals surface area contributed by atoms with Gasteiger partial charge in [-0.3, -0.25) is 4.79 Å². The minimum Gasteiger partial charge on any atom is -0.357 e. The van der Waals surface area contributed by atoms with Crippen LogP contribution in [0.15, 0.2) is 59.6 Å². The second kappa shape index (κ2) is 9.76. The summed E-state index contributed by atoms with van der Waals surface area (Å²) in [6.45, 7) is 8.53. The molecule has 0 unspecified atom stereocenters. The molecule has 0 spiro atoms. The van der Waals surface area contributed by atoms with Crippen LogP contribution in [-0.4, -0.2) is 32.0 Å². The molecule has 0 saturated carbocycles. The van der Waals surface area contributed by atoms with Crippen LogP contribution in [0.4, 0.5) is 0 Å². The SMILES string of the molecule is CCNC(=NCc1cccc(C(=O)NC)c1)NCC(C)(C)c1ccccc1. The molecular weight excluding hydrogens is 336 g/mol. The zero-order valence-corrected chi connectivity index (χ0v) is 16.7. The molecule has 0 aliphatic rings. The summed E-state index contributed by atoms with van der Waals surface area (Å²) >= 11 is 0. The van der Waals surface area contributed by atoms with Crippen LogP contribution in [0.3, 0.4) is 0 Å². The standard InChI is InChI=1S/C22H30N4O/c1-5-24-21(26-16-22(2,3)19-12-7-6-8-13-19)25-15-17-10-9-11-18(14-17)20(27)23-4/h6-14H,5,15-16H2,1-4H3,(H,23,27)(H2,24,25,26). The van der Waals surface area contributed by atoms with Crippen LogP contribution < -0.4 is 16.0 Å². The number of carbonyl (C=O) groups excluding carboxylic acids is 1. The second-order valence-corrected chi connectivity index (χ2v) is 7.08. The predicted octanol–water partition coefficient (Wildman–Crippen LogP) is 3.08. The van der Waals surface area contributed by atoms with E-state index in [1.54, 1.807) is 13.1 Å². The molecule has 27 heavy (non-hydrogen) atoms. The van der Waals surface area contributed by atoms with Gasteiger partial charge >= 0.3 is 0 Å². The monoisotopic (exact) mass is 366 g/mol. The van der Waals surface area contributed by atoms with E-state index in [0.717, 1.165) is 24.6 Å². The molecule has 2 aromatic rings. The van der Waals surface area contributed by atoms with E-state index < -0.39 is 0 Å². The summed E-state index contributed by atoms with van der Waals surface area (Å²) in [6, 6.07) is 18.0. The van der Waals surface area contributed by atoms with E-state index in [4.69, 9.17) is 0 Å². The van der Waals surface area contributed by atoms with E-state index in [9.17, 15) is 4.79 Å². The fourth-order valence-corrected chi connectivity index (χ4v) is 2.76. The second-order valence-electron chi connectivity index (χ2n) is 7.08. The average Bonchev–Trinajstić information content (AvgIpc) is 2.70. The Balaban J connectivity index is 2.05. The lowest BCUT2D eigenvalue weighted by molar-refractivity contribution is 0.0963. The van der Waals surface area contributed by atoms with E-state index in [-0.39, 0.29) is 11.3 Å². The first-order valence-corrected chi connectivity index (χ1v) is 9.35. The molecular formula is C22H30N4O. The van der Waals surface area contributed by atoms with Crippen molar-refractivity contribution in [2.45, 2.75) is 32.7 Å². The lowest BCUT2D eigenvalue weighted by Crippen LogP contribution is -2.43. The quantitative estimate of drug-likeness (QED) is 0.521. The predicted molar refractivity (Wildman–Crippen MR) is 112 cm³/mol. The Labute approximate surface area is 162 Å². The molecule has 0 aliphatic carbocycles. The van der Waals surface area contributed by atoms with E-state index in [0.29, 0.717) is 12.1 Å². The van der Waals surface area contributed by atoms with Crippen molar-refractivity contribution in [2.75, 3.05) is 20.1 Å². The molecule has 0 bridgehead atoms. The number of benzene rings is 2. The van der Waals surface area contributed by atoms with Crippen molar-refractivity contribution in [1.29, 1.82) is 0 Å². The largest absolute Gasteiger partial charge is 0.357 e. The maximum atomic E-state index is 11.8. The van der Waals surface area contributed by atoms with E-state index in [1.165, 1.54) is 5.56 Å². The normalized spacial score (nSPS) is 11.8. The zero-order valence-electron chi connectivity index (χ0n) is 16.7. The number of amides is 1. The van der Waals surface area contributed by atoms with Crippen molar-refractivity contribution in [3.05, 3.63) is 71.3 Å². The number of rotatable bonds is 7. The number of nitrogens with one attached hydrogen (secondary N) is 3. The van der Waals surface area contributed by atoms with E-state index in [2.05, 4.69) is 59.1 Å². The molecule has 0 saturated heterocycles. The van der Waals surface area contributed by atoms with Crippen LogP contribution in [0.1, 0.15) is 42.3 Å². The minimum atomic E-state index is -0.0875. The number of aliphatic imine (C=N–C) groups is 1. The van der Waals surface area contributed by atoms with Gasteiger partial charge in [-0.2, -0.15) is 0 Å². The topological polar surface area (TPSA) is 65.5 Å². The van der Waals surface area contributed by atoms with Gasteiger partial charge < -0.3 is 16.0 Å². The maximum absolute atomic E-state index is 11.8. The molecule has 144 valence electrons. The van der Waals surface area contributed by atoms with Crippen molar-refractivity contribution in [2.24, 2.45) is 4.99 Å². The summed E-state index contributed by atoms with van der Waals surface area (Å²) in [7, 11) is 1.63. The fraction of sp³-hybridized carbons (Fsp3) is 0.364. The van der Waals surface area contributed by atoms with Crippen molar-refractivity contribution in [3.8, 4) is 0 Å². The summed E-state index contributed by atoms with van der Waals surface area (Å²) < 4.78 is 0. The molecule has 1 amide bonds. The van der Waals surface area contributed by atoms with Gasteiger partial charge in [-0.1, -0.05) is 56.3 Å². The van der Waals surface area contributed by atoms with Gasteiger partial charge in [0.2, 0.25) is 0 Å². The third kappa shape index (κ3) is 6.13. The molecule has 0 fully saturated rings. The van der Waals surface area contributed by atoms with Gasteiger partial charge in [-0.05, 0) is 30.2 Å². The van der Waals surface area contributed by atoms with Crippen molar-refractivity contribution < 1.29 is 4.79 Å². The number of nitrogens with zero attached hydrogens (tertiary/aromatic N) is 1. The van der Waals surface area contributed by atoms with E-state index in [1.807, 2.05) is 31.2 Å². The lowest BCUT2D eigenvalue weighted by Gasteiger charge is -2.26. The Hall–Kier alpha value is -2.82. The van der Waals surface area contributed by atoms with Gasteiger partial charge in [-0.25, -0.2) is 4.99 Å². The molecule has 2 rings (SSSR count). The summed E-state index contributed by atoms with van der Waals surface area (Å²) in [4.78, 5) is 16.5. The van der Waals surface area contributed by atoms with Crippen LogP contribution >= 0.6 is 0 Å². The summed E-state index contributed by atoms with van der Waals surface area (Å²) in [6.07, 6.45) is 0. The maximum Gasteiger partial charge on any atom is 0.251 e. The number of carbonyl (C=O) groups is 1. The van der Waals surface area contributed by atoms with Crippen LogP contribution in [0.5, 0.6) is 0 Å². The smallest absolute Gasteiger partial charge is 0.251 e. The van der Waals surface area contributed by atoms with Crippen LogP contribution in [-0.2, 0) is 12.0 Å². The molecule has 0 heterocycles. The first kappa shape index (κ1) is 20.5. The highest BCUT2D eigenvalue weighted by molar-refractivity contribution is 5.94. The summed E-state index contributed by atoms with van der Waals surface area (Å²) in [5.41, 5.74) is 2.91. The van der Waals surface area contributed by atoms with E-state index >= 15 is 0 Å². The van der Waals surface area contributed by atoms with Gasteiger partial charge in [0.1, 0.15) is 0 Å². The molecule has 5 nitrogen and oxygen atoms in total. The Kier molecular flexibility index (Phi) is 7.41. The molecule has 0 atom stereocenters. The molecule has 0 aromatic heterocycles. The molecule has 3 N–H and O–H groups in total. The highest BCUT2D eigenvalue weighted by atomic mass is 16.1. The minimum absolute atomic E-state index is 0.0173. The summed E-state index contributed by atoms with van der Waals surface area (Å²) in [5.74, 6) is 0.683.